The Labute approximate surface area is 172 Å². The van der Waals surface area contributed by atoms with Gasteiger partial charge in [-0.25, -0.2) is 0 Å². The van der Waals surface area contributed by atoms with Crippen LogP contribution in [0.15, 0.2) is 42.0 Å². The number of hydrogen-bond acceptors (Lipinski definition) is 4. The summed E-state index contributed by atoms with van der Waals surface area (Å²) in [4.78, 5) is 17.8. The molecule has 2 aliphatic heterocycles. The van der Waals surface area contributed by atoms with Crippen LogP contribution in [-0.2, 0) is 11.2 Å². The van der Waals surface area contributed by atoms with E-state index in [1.54, 1.807) is 14.2 Å². The van der Waals surface area contributed by atoms with Crippen LogP contribution in [0.3, 0.4) is 0 Å². The number of ether oxygens (including phenoxy) is 2. The van der Waals surface area contributed by atoms with Crippen LogP contribution < -0.4 is 14.4 Å². The minimum Gasteiger partial charge on any atom is -0.493 e. The molecule has 5 nitrogen and oxygen atoms in total. The van der Waals surface area contributed by atoms with E-state index < -0.39 is 0 Å². The van der Waals surface area contributed by atoms with Gasteiger partial charge >= 0.3 is 0 Å². The van der Waals surface area contributed by atoms with Crippen LogP contribution in [0.4, 0.5) is 5.69 Å². The summed E-state index contributed by atoms with van der Waals surface area (Å²) < 4.78 is 11.0. The van der Waals surface area contributed by atoms with Gasteiger partial charge in [-0.3, -0.25) is 4.79 Å². The highest BCUT2D eigenvalue weighted by atomic mass is 16.5. The van der Waals surface area contributed by atoms with E-state index in [4.69, 9.17) is 9.47 Å². The Morgan fingerprint density at radius 2 is 1.72 bits per heavy atom. The second-order valence-corrected chi connectivity index (χ2v) is 7.97. The highest BCUT2D eigenvalue weighted by molar-refractivity contribution is 6.07. The van der Waals surface area contributed by atoms with Crippen LogP contribution in [-0.4, -0.2) is 38.1 Å². The van der Waals surface area contributed by atoms with Crippen LogP contribution >= 0.6 is 0 Å². The topological polar surface area (TPSA) is 42.0 Å². The van der Waals surface area contributed by atoms with E-state index in [0.717, 1.165) is 28.1 Å². The summed E-state index contributed by atoms with van der Waals surface area (Å²) in [5.74, 6) is 1.47. The first-order valence-corrected chi connectivity index (χ1v) is 10.0. The molecule has 29 heavy (non-hydrogen) atoms. The SMILES string of the molecule is COc1cc2c(cc1OC)N(C)C1=C(C2)C(=O)N(C(C)C)[C@@H](C)c2ccccc21. The minimum absolute atomic E-state index is 0.00452. The smallest absolute Gasteiger partial charge is 0.252 e. The van der Waals surface area contributed by atoms with E-state index in [1.165, 1.54) is 5.56 Å². The number of hydrogen-bond donors (Lipinski definition) is 0. The number of nitrogens with zero attached hydrogens (tertiary/aromatic N) is 2. The molecule has 4 rings (SSSR count). The summed E-state index contributed by atoms with van der Waals surface area (Å²) in [6.45, 7) is 6.28. The number of benzene rings is 2. The van der Waals surface area contributed by atoms with Gasteiger partial charge in [-0.15, -0.1) is 0 Å². The van der Waals surface area contributed by atoms with Gasteiger partial charge in [0, 0.05) is 42.4 Å². The normalized spacial score (nSPS) is 18.3. The third-order valence-electron chi connectivity index (χ3n) is 6.07. The fourth-order valence-electron chi connectivity index (χ4n) is 4.72. The van der Waals surface area contributed by atoms with Crippen molar-refractivity contribution in [3.63, 3.8) is 0 Å². The van der Waals surface area contributed by atoms with Gasteiger partial charge in [0.2, 0.25) is 0 Å². The third-order valence-corrected chi connectivity index (χ3v) is 6.07. The summed E-state index contributed by atoms with van der Waals surface area (Å²) in [6.07, 6.45) is 0.568. The van der Waals surface area contributed by atoms with Crippen molar-refractivity contribution in [3.05, 3.63) is 58.7 Å². The zero-order valence-electron chi connectivity index (χ0n) is 17.9. The van der Waals surface area contributed by atoms with Crippen molar-refractivity contribution in [2.45, 2.75) is 39.3 Å². The molecule has 2 heterocycles. The molecule has 1 atom stereocenters. The van der Waals surface area contributed by atoms with E-state index in [9.17, 15) is 4.79 Å². The number of amides is 1. The van der Waals surface area contributed by atoms with Crippen LogP contribution in [0.2, 0.25) is 0 Å². The fraction of sp³-hybridized carbons (Fsp3) is 0.375. The molecule has 152 valence electrons. The largest absolute Gasteiger partial charge is 0.493 e. The molecule has 2 aromatic rings. The number of methoxy groups -OCH3 is 2. The number of carbonyl (C=O) groups is 1. The molecule has 5 heteroatoms. The van der Waals surface area contributed by atoms with Crippen LogP contribution in [0, 0.1) is 0 Å². The lowest BCUT2D eigenvalue weighted by atomic mass is 9.90. The van der Waals surface area contributed by atoms with Gasteiger partial charge in [0.1, 0.15) is 0 Å². The highest BCUT2D eigenvalue weighted by Crippen LogP contribution is 2.46. The first kappa shape index (κ1) is 19.4. The van der Waals surface area contributed by atoms with Gasteiger partial charge in [0.25, 0.3) is 5.91 Å². The maximum absolute atomic E-state index is 13.7. The Morgan fingerprint density at radius 3 is 2.38 bits per heavy atom. The standard InChI is InChI=1S/C24H28N2O3/c1-14(2)26-15(3)17-9-7-8-10-18(17)23-19(24(26)27)11-16-12-21(28-5)22(29-6)13-20(16)25(23)4/h7-10,12-15H,11H2,1-6H3/t15-/m0/s1. The van der Waals surface area contributed by atoms with Crippen molar-refractivity contribution in [3.8, 4) is 11.5 Å². The Morgan fingerprint density at radius 1 is 1.07 bits per heavy atom. The molecular weight excluding hydrogens is 364 g/mol. The van der Waals surface area contributed by atoms with E-state index in [1.807, 2.05) is 30.1 Å². The first-order chi connectivity index (χ1) is 13.9. The zero-order valence-corrected chi connectivity index (χ0v) is 17.9. The Balaban J connectivity index is 1.97. The van der Waals surface area contributed by atoms with Gasteiger partial charge in [0.05, 0.1) is 26.0 Å². The lowest BCUT2D eigenvalue weighted by Gasteiger charge is -2.34. The predicted molar refractivity (Wildman–Crippen MR) is 115 cm³/mol. The maximum atomic E-state index is 13.7. The molecule has 0 unspecified atom stereocenters. The second kappa shape index (κ2) is 7.14. The molecule has 0 N–H and O–H groups in total. The van der Waals surface area contributed by atoms with Gasteiger partial charge in [-0.05, 0) is 38.0 Å². The molecule has 0 aliphatic carbocycles. The van der Waals surface area contributed by atoms with Crippen molar-refractivity contribution in [2.24, 2.45) is 0 Å². The molecule has 0 bridgehead atoms. The second-order valence-electron chi connectivity index (χ2n) is 7.97. The van der Waals surface area contributed by atoms with Crippen LogP contribution in [0.1, 0.15) is 43.5 Å². The lowest BCUT2D eigenvalue weighted by Crippen LogP contribution is -2.40. The molecule has 2 aromatic carbocycles. The van der Waals surface area contributed by atoms with Crippen molar-refractivity contribution in [1.29, 1.82) is 0 Å². The summed E-state index contributed by atoms with van der Waals surface area (Å²) in [6, 6.07) is 12.5. The Kier molecular flexibility index (Phi) is 4.77. The molecule has 0 saturated carbocycles. The summed E-state index contributed by atoms with van der Waals surface area (Å²) in [5.41, 5.74) is 6.21. The third kappa shape index (κ3) is 2.87. The quantitative estimate of drug-likeness (QED) is 0.776. The van der Waals surface area contributed by atoms with E-state index in [2.05, 4.69) is 43.9 Å². The summed E-state index contributed by atoms with van der Waals surface area (Å²) >= 11 is 0. The van der Waals surface area contributed by atoms with E-state index >= 15 is 0 Å². The average Bonchev–Trinajstić information content (AvgIpc) is 2.80. The van der Waals surface area contributed by atoms with Crippen molar-refractivity contribution in [2.75, 3.05) is 26.2 Å². The van der Waals surface area contributed by atoms with Crippen molar-refractivity contribution < 1.29 is 14.3 Å². The number of fused-ring (bicyclic) bond motifs is 3. The molecular formula is C24H28N2O3. The molecule has 0 radical (unpaired) electrons. The van der Waals surface area contributed by atoms with Gasteiger partial charge < -0.3 is 19.3 Å². The molecule has 2 aliphatic rings. The first-order valence-electron chi connectivity index (χ1n) is 10.0. The molecule has 0 fully saturated rings. The van der Waals surface area contributed by atoms with Crippen molar-refractivity contribution in [1.82, 2.24) is 4.90 Å². The van der Waals surface area contributed by atoms with Gasteiger partial charge in [0.15, 0.2) is 11.5 Å². The van der Waals surface area contributed by atoms with Gasteiger partial charge in [-0.1, -0.05) is 24.3 Å². The van der Waals surface area contributed by atoms with E-state index in [0.29, 0.717) is 17.9 Å². The molecule has 0 aromatic heterocycles. The van der Waals surface area contributed by atoms with Gasteiger partial charge in [-0.2, -0.15) is 0 Å². The molecule has 1 amide bonds. The maximum Gasteiger partial charge on any atom is 0.252 e. The molecule has 0 spiro atoms. The highest BCUT2D eigenvalue weighted by Gasteiger charge is 2.38. The summed E-state index contributed by atoms with van der Waals surface area (Å²) in [7, 11) is 5.31. The average molecular weight is 392 g/mol. The number of anilines is 1. The Bertz CT molecular complexity index is 1010. The summed E-state index contributed by atoms with van der Waals surface area (Å²) in [5, 5.41) is 0. The van der Waals surface area contributed by atoms with Crippen LogP contribution in [0.25, 0.3) is 5.70 Å². The monoisotopic (exact) mass is 392 g/mol. The number of carbonyl (C=O) groups excluding carboxylic acids is 1. The zero-order chi connectivity index (χ0) is 20.9. The minimum atomic E-state index is 0.00452. The van der Waals surface area contributed by atoms with Crippen molar-refractivity contribution >= 4 is 17.3 Å². The molecule has 0 saturated heterocycles. The van der Waals surface area contributed by atoms with E-state index in [-0.39, 0.29) is 18.0 Å². The number of rotatable bonds is 3. The van der Waals surface area contributed by atoms with Crippen LogP contribution in [0.5, 0.6) is 11.5 Å². The fourth-order valence-corrected chi connectivity index (χ4v) is 4.72. The predicted octanol–water partition coefficient (Wildman–Crippen LogP) is 4.42. The lowest BCUT2D eigenvalue weighted by molar-refractivity contribution is -0.131. The Hall–Kier alpha value is -2.95.